The van der Waals surface area contributed by atoms with Gasteiger partial charge >= 0.3 is 5.97 Å². The summed E-state index contributed by atoms with van der Waals surface area (Å²) in [6.07, 6.45) is 4.23. The van der Waals surface area contributed by atoms with Gasteiger partial charge in [0, 0.05) is 18.9 Å². The highest BCUT2D eigenvalue weighted by atomic mass is 32.1. The molecule has 0 fully saturated rings. The number of aryl methyl sites for hydroxylation is 2. The molecule has 0 saturated carbocycles. The van der Waals surface area contributed by atoms with Gasteiger partial charge in [-0.15, -0.1) is 16.4 Å². The van der Waals surface area contributed by atoms with E-state index in [0.717, 1.165) is 10.4 Å². The Morgan fingerprint density at radius 3 is 2.90 bits per heavy atom. The van der Waals surface area contributed by atoms with E-state index in [2.05, 4.69) is 15.3 Å². The van der Waals surface area contributed by atoms with Crippen molar-refractivity contribution in [3.05, 3.63) is 53.3 Å². The maximum absolute atomic E-state index is 11.3. The highest BCUT2D eigenvalue weighted by Gasteiger charge is 2.21. The van der Waals surface area contributed by atoms with Gasteiger partial charge in [0.05, 0.1) is 4.88 Å². The number of nitrogens with zero attached hydrogens (tertiary/aromatic N) is 4. The Morgan fingerprint density at radius 2 is 2.24 bits per heavy atom. The molecule has 3 heterocycles. The highest BCUT2D eigenvalue weighted by molar-refractivity contribution is 7.13. The van der Waals surface area contributed by atoms with Gasteiger partial charge in [-0.05, 0) is 29.5 Å². The average molecular weight is 300 g/mol. The van der Waals surface area contributed by atoms with Crippen LogP contribution in [0.1, 0.15) is 16.1 Å². The maximum atomic E-state index is 11.3. The van der Waals surface area contributed by atoms with Crippen LogP contribution in [0, 0.1) is 0 Å². The molecule has 0 amide bonds. The van der Waals surface area contributed by atoms with Crippen LogP contribution in [0.15, 0.2) is 42.0 Å². The molecule has 6 nitrogen and oxygen atoms in total. The van der Waals surface area contributed by atoms with Crippen molar-refractivity contribution in [1.82, 2.24) is 20.0 Å². The fraction of sp³-hybridized carbons (Fsp3) is 0.143. The van der Waals surface area contributed by atoms with Gasteiger partial charge in [0.2, 0.25) is 0 Å². The van der Waals surface area contributed by atoms with Gasteiger partial charge in [0.15, 0.2) is 5.69 Å². The van der Waals surface area contributed by atoms with E-state index >= 15 is 0 Å². The van der Waals surface area contributed by atoms with Crippen molar-refractivity contribution in [3.63, 3.8) is 0 Å². The Morgan fingerprint density at radius 1 is 1.33 bits per heavy atom. The molecule has 0 aliphatic carbocycles. The second-order valence-electron chi connectivity index (χ2n) is 4.40. The molecule has 7 heteroatoms. The summed E-state index contributed by atoms with van der Waals surface area (Å²) in [5, 5.41) is 18.9. The standard InChI is InChI=1S/C14H12N4O2S/c19-14(20)12-13(11-4-2-8-21-11)18(17-16-12)7-5-10-3-1-6-15-9-10/h1-4,6,8-9H,5,7H2,(H,19,20). The predicted octanol–water partition coefficient (Wildman–Crippen LogP) is 2.34. The van der Waals surface area contributed by atoms with Crippen molar-refractivity contribution < 1.29 is 9.90 Å². The summed E-state index contributed by atoms with van der Waals surface area (Å²) in [6.45, 7) is 0.555. The Labute approximate surface area is 124 Å². The number of aromatic carboxylic acids is 1. The van der Waals surface area contributed by atoms with Gasteiger partial charge < -0.3 is 5.11 Å². The van der Waals surface area contributed by atoms with Crippen molar-refractivity contribution in [2.24, 2.45) is 0 Å². The summed E-state index contributed by atoms with van der Waals surface area (Å²) >= 11 is 1.47. The lowest BCUT2D eigenvalue weighted by Gasteiger charge is -2.05. The van der Waals surface area contributed by atoms with Gasteiger partial charge in [-0.3, -0.25) is 4.98 Å². The monoisotopic (exact) mass is 300 g/mol. The predicted molar refractivity (Wildman–Crippen MR) is 78.2 cm³/mol. The molecule has 0 aliphatic heterocycles. The summed E-state index contributed by atoms with van der Waals surface area (Å²) in [5.41, 5.74) is 1.62. The maximum Gasteiger partial charge on any atom is 0.358 e. The molecular weight excluding hydrogens is 288 g/mol. The van der Waals surface area contributed by atoms with Crippen molar-refractivity contribution in [3.8, 4) is 10.6 Å². The van der Waals surface area contributed by atoms with Crippen LogP contribution < -0.4 is 0 Å². The molecule has 3 aromatic heterocycles. The first-order valence-electron chi connectivity index (χ1n) is 6.35. The molecule has 0 radical (unpaired) electrons. The van der Waals surface area contributed by atoms with Gasteiger partial charge in [-0.25, -0.2) is 9.48 Å². The second-order valence-corrected chi connectivity index (χ2v) is 5.35. The molecule has 106 valence electrons. The van der Waals surface area contributed by atoms with E-state index in [-0.39, 0.29) is 5.69 Å². The Bertz CT molecular complexity index is 738. The largest absolute Gasteiger partial charge is 0.476 e. The molecule has 3 rings (SSSR count). The molecule has 0 aromatic carbocycles. The SMILES string of the molecule is O=C(O)c1nnn(CCc2cccnc2)c1-c1cccs1. The van der Waals surface area contributed by atoms with Crippen LogP contribution in [0.3, 0.4) is 0 Å². The van der Waals surface area contributed by atoms with Gasteiger partial charge in [0.25, 0.3) is 0 Å². The van der Waals surface area contributed by atoms with Crippen molar-refractivity contribution >= 4 is 17.3 Å². The number of rotatable bonds is 5. The van der Waals surface area contributed by atoms with Crippen LogP contribution in [-0.2, 0) is 13.0 Å². The molecule has 21 heavy (non-hydrogen) atoms. The first kappa shape index (κ1) is 13.4. The molecule has 0 aliphatic rings. The first-order valence-corrected chi connectivity index (χ1v) is 7.23. The summed E-state index contributed by atoms with van der Waals surface area (Å²) in [5.74, 6) is -1.06. The Balaban J connectivity index is 1.90. The zero-order valence-corrected chi connectivity index (χ0v) is 11.8. The van der Waals surface area contributed by atoms with Crippen LogP contribution in [-0.4, -0.2) is 31.1 Å². The molecule has 3 aromatic rings. The Hall–Kier alpha value is -2.54. The molecule has 1 N–H and O–H groups in total. The van der Waals surface area contributed by atoms with E-state index < -0.39 is 5.97 Å². The Kier molecular flexibility index (Phi) is 3.74. The number of hydrogen-bond acceptors (Lipinski definition) is 5. The third kappa shape index (κ3) is 2.82. The smallest absolute Gasteiger partial charge is 0.358 e. The summed E-state index contributed by atoms with van der Waals surface area (Å²) in [4.78, 5) is 16.2. The normalized spacial score (nSPS) is 10.7. The van der Waals surface area contributed by atoms with E-state index in [0.29, 0.717) is 18.7 Å². The lowest BCUT2D eigenvalue weighted by atomic mass is 10.2. The number of carboxylic acid groups (broad SMARTS) is 1. The minimum absolute atomic E-state index is 0.0105. The van der Waals surface area contributed by atoms with Crippen LogP contribution in [0.5, 0.6) is 0 Å². The third-order valence-corrected chi connectivity index (χ3v) is 3.90. The summed E-state index contributed by atoms with van der Waals surface area (Å²) in [6, 6.07) is 7.60. The zero-order chi connectivity index (χ0) is 14.7. The zero-order valence-electron chi connectivity index (χ0n) is 11.0. The van der Waals surface area contributed by atoms with E-state index in [1.165, 1.54) is 11.3 Å². The highest BCUT2D eigenvalue weighted by Crippen LogP contribution is 2.27. The van der Waals surface area contributed by atoms with E-state index in [9.17, 15) is 9.90 Å². The molecule has 0 unspecified atom stereocenters. The number of aromatic nitrogens is 4. The quantitative estimate of drug-likeness (QED) is 0.782. The number of carboxylic acids is 1. The number of pyridine rings is 1. The van der Waals surface area contributed by atoms with Crippen molar-refractivity contribution in [2.45, 2.75) is 13.0 Å². The molecule has 0 bridgehead atoms. The van der Waals surface area contributed by atoms with Gasteiger partial charge in [-0.2, -0.15) is 0 Å². The number of hydrogen-bond donors (Lipinski definition) is 1. The average Bonchev–Trinajstić information content (AvgIpc) is 3.15. The lowest BCUT2D eigenvalue weighted by Crippen LogP contribution is -2.06. The molecule has 0 atom stereocenters. The number of thiophene rings is 1. The fourth-order valence-electron chi connectivity index (χ4n) is 2.05. The topological polar surface area (TPSA) is 80.9 Å². The molecular formula is C14H12N4O2S. The van der Waals surface area contributed by atoms with Crippen molar-refractivity contribution in [2.75, 3.05) is 0 Å². The minimum atomic E-state index is -1.06. The van der Waals surface area contributed by atoms with E-state index in [1.807, 2.05) is 29.6 Å². The van der Waals surface area contributed by atoms with E-state index in [4.69, 9.17) is 0 Å². The van der Waals surface area contributed by atoms with E-state index in [1.54, 1.807) is 17.1 Å². The van der Waals surface area contributed by atoms with Crippen molar-refractivity contribution in [1.29, 1.82) is 0 Å². The minimum Gasteiger partial charge on any atom is -0.476 e. The first-order chi connectivity index (χ1) is 10.3. The fourth-order valence-corrected chi connectivity index (χ4v) is 2.83. The van der Waals surface area contributed by atoms with Crippen LogP contribution in [0.25, 0.3) is 10.6 Å². The van der Waals surface area contributed by atoms with Gasteiger partial charge in [0.1, 0.15) is 5.69 Å². The summed E-state index contributed by atoms with van der Waals surface area (Å²) < 4.78 is 1.64. The van der Waals surface area contributed by atoms with Crippen LogP contribution in [0.4, 0.5) is 0 Å². The lowest BCUT2D eigenvalue weighted by molar-refractivity contribution is 0.0691. The molecule has 0 spiro atoms. The second kappa shape index (κ2) is 5.84. The molecule has 0 saturated heterocycles. The summed E-state index contributed by atoms with van der Waals surface area (Å²) in [7, 11) is 0. The van der Waals surface area contributed by atoms with Crippen LogP contribution in [0.2, 0.25) is 0 Å². The van der Waals surface area contributed by atoms with Crippen LogP contribution >= 0.6 is 11.3 Å². The third-order valence-electron chi connectivity index (χ3n) is 3.03. The van der Waals surface area contributed by atoms with Gasteiger partial charge in [-0.1, -0.05) is 17.3 Å². The number of carbonyl (C=O) groups is 1.